The number of hydrogen-bond acceptors (Lipinski definition) is 5. The van der Waals surface area contributed by atoms with Crippen molar-refractivity contribution in [1.82, 2.24) is 9.80 Å². The van der Waals surface area contributed by atoms with E-state index in [0.717, 1.165) is 11.1 Å². The van der Waals surface area contributed by atoms with Gasteiger partial charge in [0.15, 0.2) is 5.54 Å². The molecule has 0 radical (unpaired) electrons. The molecule has 1 spiro atoms. The maximum Gasteiger partial charge on any atom is 0.411 e. The van der Waals surface area contributed by atoms with Crippen LogP contribution >= 0.6 is 0 Å². The third kappa shape index (κ3) is 3.56. The van der Waals surface area contributed by atoms with E-state index in [9.17, 15) is 14.4 Å². The van der Waals surface area contributed by atoms with Gasteiger partial charge in [-0.05, 0) is 29.9 Å². The van der Waals surface area contributed by atoms with Gasteiger partial charge in [-0.2, -0.15) is 0 Å². The lowest BCUT2D eigenvalue weighted by atomic mass is 9.72. The summed E-state index contributed by atoms with van der Waals surface area (Å²) in [6.07, 6.45) is 0.598. The summed E-state index contributed by atoms with van der Waals surface area (Å²) in [5.74, 6) is -0.894. The van der Waals surface area contributed by atoms with Gasteiger partial charge >= 0.3 is 6.09 Å². The number of carbonyl (C=O) groups excluding carboxylic acids is 3. The number of carbonyl (C=O) groups is 3. The first-order chi connectivity index (χ1) is 15.4. The maximum atomic E-state index is 13.5. The molecule has 2 fully saturated rings. The lowest BCUT2D eigenvalue weighted by Gasteiger charge is -2.56. The summed E-state index contributed by atoms with van der Waals surface area (Å²) in [5.41, 5.74) is 6.67. The van der Waals surface area contributed by atoms with Crippen molar-refractivity contribution in [3.63, 3.8) is 0 Å². The van der Waals surface area contributed by atoms with E-state index in [1.54, 1.807) is 0 Å². The number of benzene rings is 2. The highest BCUT2D eigenvalue weighted by molar-refractivity contribution is 6.09. The molecule has 0 aliphatic carbocycles. The number of nitrogens with two attached hydrogens (primary N) is 1. The Kier molecular flexibility index (Phi) is 6.02. The van der Waals surface area contributed by atoms with Crippen LogP contribution < -0.4 is 5.73 Å². The number of β-lactam (4-membered cyclic amide) rings is 1. The standard InChI is InChI=1S/C25H29N3O4/c1-17(2)20(26)22(29)28-21(19-12-7-4-8-13-19)25(23(28)30)14-9-15-27(25)24(31)32-16-18-10-5-3-6-11-18/h3-8,10-13,17,20-21H,9,14-16,26H2,1-2H3. The molecule has 2 saturated heterocycles. The molecule has 2 aromatic carbocycles. The van der Waals surface area contributed by atoms with Gasteiger partial charge in [0.1, 0.15) is 6.61 Å². The Labute approximate surface area is 188 Å². The molecule has 168 valence electrons. The van der Waals surface area contributed by atoms with Crippen LogP contribution in [0.3, 0.4) is 0 Å². The van der Waals surface area contributed by atoms with E-state index < -0.39 is 29.6 Å². The van der Waals surface area contributed by atoms with Crippen LogP contribution in [0.15, 0.2) is 60.7 Å². The van der Waals surface area contributed by atoms with E-state index >= 15 is 0 Å². The smallest absolute Gasteiger partial charge is 0.411 e. The molecule has 0 aromatic heterocycles. The summed E-state index contributed by atoms with van der Waals surface area (Å²) in [6, 6.07) is 17.4. The van der Waals surface area contributed by atoms with Crippen molar-refractivity contribution in [3.8, 4) is 0 Å². The quantitative estimate of drug-likeness (QED) is 0.728. The minimum absolute atomic E-state index is 0.112. The van der Waals surface area contributed by atoms with Crippen LogP contribution in [-0.4, -0.2) is 45.8 Å². The molecule has 2 heterocycles. The highest BCUT2D eigenvalue weighted by Crippen LogP contribution is 2.53. The summed E-state index contributed by atoms with van der Waals surface area (Å²) in [4.78, 5) is 42.5. The van der Waals surface area contributed by atoms with Crippen LogP contribution in [0.4, 0.5) is 4.79 Å². The van der Waals surface area contributed by atoms with E-state index in [0.29, 0.717) is 19.4 Å². The van der Waals surface area contributed by atoms with Gasteiger partial charge in [-0.1, -0.05) is 74.5 Å². The highest BCUT2D eigenvalue weighted by Gasteiger charge is 2.69. The zero-order chi connectivity index (χ0) is 22.9. The molecule has 0 saturated carbocycles. The summed E-state index contributed by atoms with van der Waals surface area (Å²) in [7, 11) is 0. The second-order valence-corrected chi connectivity index (χ2v) is 8.82. The predicted molar refractivity (Wildman–Crippen MR) is 119 cm³/mol. The molecule has 2 aromatic rings. The number of nitrogens with zero attached hydrogens (tertiary/aromatic N) is 2. The Balaban J connectivity index is 1.63. The Morgan fingerprint density at radius 1 is 1.09 bits per heavy atom. The third-order valence-electron chi connectivity index (χ3n) is 6.50. The molecular formula is C25H29N3O4. The average molecular weight is 436 g/mol. The monoisotopic (exact) mass is 435 g/mol. The van der Waals surface area contributed by atoms with Crippen LogP contribution in [0, 0.1) is 5.92 Å². The van der Waals surface area contributed by atoms with Crippen LogP contribution in [0.5, 0.6) is 0 Å². The normalized spacial score (nSPS) is 23.4. The topological polar surface area (TPSA) is 92.9 Å². The van der Waals surface area contributed by atoms with E-state index in [4.69, 9.17) is 10.5 Å². The zero-order valence-corrected chi connectivity index (χ0v) is 18.4. The Hall–Kier alpha value is -3.19. The number of amides is 3. The van der Waals surface area contributed by atoms with Gasteiger partial charge in [0, 0.05) is 6.54 Å². The molecule has 2 N–H and O–H groups in total. The van der Waals surface area contributed by atoms with Crippen molar-refractivity contribution in [2.75, 3.05) is 6.54 Å². The number of hydrogen-bond donors (Lipinski definition) is 1. The van der Waals surface area contributed by atoms with Crippen LogP contribution in [0.2, 0.25) is 0 Å². The lowest BCUT2D eigenvalue weighted by Crippen LogP contribution is -2.76. The molecule has 2 aliphatic rings. The molecule has 7 heteroatoms. The second kappa shape index (κ2) is 8.74. The molecule has 2 aliphatic heterocycles. The first-order valence-electron chi connectivity index (χ1n) is 11.0. The number of rotatable bonds is 5. The zero-order valence-electron chi connectivity index (χ0n) is 18.4. The van der Waals surface area contributed by atoms with Crippen molar-refractivity contribution >= 4 is 17.9 Å². The molecule has 3 amide bonds. The number of imide groups is 1. The van der Waals surface area contributed by atoms with Crippen molar-refractivity contribution < 1.29 is 19.1 Å². The minimum atomic E-state index is -1.12. The SMILES string of the molecule is CC(C)C(N)C(=O)N1C(=O)C2(CCCN2C(=O)OCc2ccccc2)C1c1ccccc1. The van der Waals surface area contributed by atoms with Crippen LogP contribution in [-0.2, 0) is 20.9 Å². The fraction of sp³-hybridized carbons (Fsp3) is 0.400. The molecule has 3 atom stereocenters. The largest absolute Gasteiger partial charge is 0.445 e. The summed E-state index contributed by atoms with van der Waals surface area (Å²) in [6.45, 7) is 4.23. The number of ether oxygens (including phenoxy) is 1. The summed E-state index contributed by atoms with van der Waals surface area (Å²) >= 11 is 0. The van der Waals surface area contributed by atoms with Gasteiger partial charge in [-0.3, -0.25) is 19.4 Å². The predicted octanol–water partition coefficient (Wildman–Crippen LogP) is 3.25. The highest BCUT2D eigenvalue weighted by atomic mass is 16.6. The maximum absolute atomic E-state index is 13.5. The van der Waals surface area contributed by atoms with Gasteiger partial charge in [0.25, 0.3) is 5.91 Å². The van der Waals surface area contributed by atoms with Crippen molar-refractivity contribution in [1.29, 1.82) is 0 Å². The van der Waals surface area contributed by atoms with E-state index in [2.05, 4.69) is 0 Å². The van der Waals surface area contributed by atoms with Crippen molar-refractivity contribution in [3.05, 3.63) is 71.8 Å². The number of likely N-dealkylation sites (tertiary alicyclic amines) is 2. The van der Waals surface area contributed by atoms with E-state index in [1.807, 2.05) is 74.5 Å². The first-order valence-corrected chi connectivity index (χ1v) is 11.0. The van der Waals surface area contributed by atoms with Crippen LogP contribution in [0.25, 0.3) is 0 Å². The molecule has 0 bridgehead atoms. The third-order valence-corrected chi connectivity index (χ3v) is 6.50. The fourth-order valence-corrected chi connectivity index (χ4v) is 4.72. The summed E-state index contributed by atoms with van der Waals surface area (Å²) < 4.78 is 5.56. The average Bonchev–Trinajstić information content (AvgIpc) is 3.28. The lowest BCUT2D eigenvalue weighted by molar-refractivity contribution is -0.180. The molecular weight excluding hydrogens is 406 g/mol. The van der Waals surface area contributed by atoms with E-state index in [1.165, 1.54) is 9.80 Å². The Morgan fingerprint density at radius 2 is 1.72 bits per heavy atom. The van der Waals surface area contributed by atoms with Crippen molar-refractivity contribution in [2.45, 2.75) is 50.9 Å². The molecule has 4 rings (SSSR count). The van der Waals surface area contributed by atoms with Crippen LogP contribution in [0.1, 0.15) is 43.9 Å². The van der Waals surface area contributed by atoms with Gasteiger partial charge < -0.3 is 10.5 Å². The second-order valence-electron chi connectivity index (χ2n) is 8.82. The Bertz CT molecular complexity index is 995. The molecule has 32 heavy (non-hydrogen) atoms. The van der Waals surface area contributed by atoms with E-state index in [-0.39, 0.29) is 18.4 Å². The van der Waals surface area contributed by atoms with Gasteiger partial charge in [0.2, 0.25) is 5.91 Å². The minimum Gasteiger partial charge on any atom is -0.445 e. The van der Waals surface area contributed by atoms with Crippen molar-refractivity contribution in [2.24, 2.45) is 11.7 Å². The Morgan fingerprint density at radius 3 is 2.34 bits per heavy atom. The van der Waals surface area contributed by atoms with Gasteiger partial charge in [0.05, 0.1) is 12.1 Å². The molecule has 3 unspecified atom stereocenters. The first kappa shape index (κ1) is 22.0. The summed E-state index contributed by atoms with van der Waals surface area (Å²) in [5, 5.41) is 0. The van der Waals surface area contributed by atoms with Gasteiger partial charge in [-0.25, -0.2) is 4.79 Å². The fourth-order valence-electron chi connectivity index (χ4n) is 4.72. The molecule has 7 nitrogen and oxygen atoms in total. The van der Waals surface area contributed by atoms with Gasteiger partial charge in [-0.15, -0.1) is 0 Å².